The summed E-state index contributed by atoms with van der Waals surface area (Å²) in [6.45, 7) is 7.31. The van der Waals surface area contributed by atoms with Crippen molar-refractivity contribution in [2.45, 2.75) is 39.3 Å². The van der Waals surface area contributed by atoms with E-state index in [1.165, 1.54) is 19.1 Å². The first-order chi connectivity index (χ1) is 7.72. The van der Waals surface area contributed by atoms with Crippen LogP contribution >= 0.6 is 0 Å². The second-order valence-electron chi connectivity index (χ2n) is 5.13. The Morgan fingerprint density at radius 2 is 1.82 bits per heavy atom. The summed E-state index contributed by atoms with van der Waals surface area (Å²) in [5.41, 5.74) is 5.86. The van der Waals surface area contributed by atoms with Crippen LogP contribution in [0.15, 0.2) is 12.1 Å². The molecular formula is C13H19F2NO. The van der Waals surface area contributed by atoms with Gasteiger partial charge >= 0.3 is 0 Å². The zero-order chi connectivity index (χ0) is 13.2. The maximum Gasteiger partial charge on any atom is 0.163 e. The van der Waals surface area contributed by atoms with Crippen molar-refractivity contribution in [2.75, 3.05) is 6.61 Å². The number of nitrogens with two attached hydrogens (primary N) is 1. The molecule has 0 aliphatic rings. The summed E-state index contributed by atoms with van der Waals surface area (Å²) in [5.74, 6) is -1.72. The summed E-state index contributed by atoms with van der Waals surface area (Å²) >= 11 is 0. The predicted molar refractivity (Wildman–Crippen MR) is 63.7 cm³/mol. The van der Waals surface area contributed by atoms with E-state index in [1.807, 2.05) is 20.8 Å². The van der Waals surface area contributed by atoms with Gasteiger partial charge in [-0.3, -0.25) is 0 Å². The maximum absolute atomic E-state index is 13.6. The zero-order valence-corrected chi connectivity index (χ0v) is 10.7. The standard InChI is InChI=1S/C13H19F2NO/c1-8-5-6-9(12(15)11(8)14)10(16)7-17-13(2,3)4/h5-6,10H,7,16H2,1-4H3. The fourth-order valence-electron chi connectivity index (χ4n) is 1.38. The van der Waals surface area contributed by atoms with E-state index >= 15 is 0 Å². The van der Waals surface area contributed by atoms with Crippen molar-refractivity contribution in [3.05, 3.63) is 34.9 Å². The molecule has 1 rings (SSSR count). The molecule has 0 aromatic heterocycles. The van der Waals surface area contributed by atoms with Crippen LogP contribution in [-0.2, 0) is 4.74 Å². The van der Waals surface area contributed by atoms with Gasteiger partial charge < -0.3 is 10.5 Å². The topological polar surface area (TPSA) is 35.2 Å². The predicted octanol–water partition coefficient (Wildman–Crippen LogP) is 3.09. The normalized spacial score (nSPS) is 13.8. The molecular weight excluding hydrogens is 224 g/mol. The lowest BCUT2D eigenvalue weighted by atomic mass is 10.0. The largest absolute Gasteiger partial charge is 0.374 e. The number of rotatable bonds is 3. The van der Waals surface area contributed by atoms with Crippen molar-refractivity contribution >= 4 is 0 Å². The van der Waals surface area contributed by atoms with Crippen LogP contribution in [0.2, 0.25) is 0 Å². The molecule has 0 fully saturated rings. The average molecular weight is 243 g/mol. The molecule has 0 aliphatic carbocycles. The Morgan fingerprint density at radius 1 is 1.24 bits per heavy atom. The summed E-state index contributed by atoms with van der Waals surface area (Å²) in [4.78, 5) is 0. The fraction of sp³-hybridized carbons (Fsp3) is 0.538. The van der Waals surface area contributed by atoms with E-state index < -0.39 is 17.7 Å². The molecule has 0 amide bonds. The van der Waals surface area contributed by atoms with E-state index in [-0.39, 0.29) is 23.3 Å². The molecule has 4 heteroatoms. The minimum absolute atomic E-state index is 0.150. The van der Waals surface area contributed by atoms with Gasteiger partial charge in [-0.05, 0) is 33.3 Å². The Labute approximate surface area is 101 Å². The number of hydrogen-bond donors (Lipinski definition) is 1. The first kappa shape index (κ1) is 14.1. The van der Waals surface area contributed by atoms with Crippen LogP contribution in [-0.4, -0.2) is 12.2 Å². The van der Waals surface area contributed by atoms with E-state index in [0.717, 1.165) is 0 Å². The smallest absolute Gasteiger partial charge is 0.163 e. The molecule has 17 heavy (non-hydrogen) atoms. The minimum atomic E-state index is -0.880. The van der Waals surface area contributed by atoms with Gasteiger partial charge in [0.2, 0.25) is 0 Å². The number of aryl methyl sites for hydroxylation is 1. The SMILES string of the molecule is Cc1ccc(C(N)COC(C)(C)C)c(F)c1F. The Hall–Kier alpha value is -1.00. The maximum atomic E-state index is 13.6. The van der Waals surface area contributed by atoms with Crippen molar-refractivity contribution in [2.24, 2.45) is 5.73 Å². The molecule has 2 nitrogen and oxygen atoms in total. The summed E-state index contributed by atoms with van der Waals surface area (Å²) in [6, 6.07) is 2.36. The Kier molecular flexibility index (Phi) is 4.22. The first-order valence-electron chi connectivity index (χ1n) is 5.56. The van der Waals surface area contributed by atoms with Gasteiger partial charge in [-0.15, -0.1) is 0 Å². The molecule has 96 valence electrons. The van der Waals surface area contributed by atoms with Crippen LogP contribution < -0.4 is 5.73 Å². The van der Waals surface area contributed by atoms with E-state index in [2.05, 4.69) is 0 Å². The van der Waals surface area contributed by atoms with Crippen molar-refractivity contribution in [1.29, 1.82) is 0 Å². The summed E-state index contributed by atoms with van der Waals surface area (Å²) in [7, 11) is 0. The number of halogens is 2. The monoisotopic (exact) mass is 243 g/mol. The van der Waals surface area contributed by atoms with Crippen LogP contribution in [0.3, 0.4) is 0 Å². The van der Waals surface area contributed by atoms with Crippen molar-refractivity contribution in [3.63, 3.8) is 0 Å². The van der Waals surface area contributed by atoms with Crippen LogP contribution in [0, 0.1) is 18.6 Å². The third-order valence-corrected chi connectivity index (χ3v) is 2.40. The molecule has 0 heterocycles. The lowest BCUT2D eigenvalue weighted by molar-refractivity contribution is -0.0106. The number of benzene rings is 1. The third kappa shape index (κ3) is 3.75. The molecule has 2 N–H and O–H groups in total. The van der Waals surface area contributed by atoms with Gasteiger partial charge in [0.25, 0.3) is 0 Å². The molecule has 0 aliphatic heterocycles. The Balaban J connectivity index is 2.83. The highest BCUT2D eigenvalue weighted by Crippen LogP contribution is 2.21. The van der Waals surface area contributed by atoms with Crippen molar-refractivity contribution in [1.82, 2.24) is 0 Å². The number of hydrogen-bond acceptors (Lipinski definition) is 2. The molecule has 0 bridgehead atoms. The molecule has 0 radical (unpaired) electrons. The summed E-state index contributed by atoms with van der Waals surface area (Å²) in [5, 5.41) is 0. The van der Waals surface area contributed by atoms with Gasteiger partial charge in [0.05, 0.1) is 18.2 Å². The molecule has 1 aromatic carbocycles. The molecule has 0 saturated heterocycles. The first-order valence-corrected chi connectivity index (χ1v) is 5.56. The van der Waals surface area contributed by atoms with Gasteiger partial charge in [-0.1, -0.05) is 12.1 Å². The highest BCUT2D eigenvalue weighted by atomic mass is 19.2. The van der Waals surface area contributed by atoms with Crippen LogP contribution in [0.25, 0.3) is 0 Å². The van der Waals surface area contributed by atoms with Gasteiger partial charge in [0.1, 0.15) is 0 Å². The molecule has 1 atom stereocenters. The summed E-state index contributed by atoms with van der Waals surface area (Å²) < 4.78 is 32.4. The third-order valence-electron chi connectivity index (χ3n) is 2.40. The number of ether oxygens (including phenoxy) is 1. The Bertz CT molecular complexity index is 399. The molecule has 0 saturated carbocycles. The lowest BCUT2D eigenvalue weighted by Crippen LogP contribution is -2.27. The zero-order valence-electron chi connectivity index (χ0n) is 10.7. The van der Waals surface area contributed by atoms with Gasteiger partial charge in [0.15, 0.2) is 11.6 Å². The van der Waals surface area contributed by atoms with Gasteiger partial charge in [-0.25, -0.2) is 8.78 Å². The average Bonchev–Trinajstić information content (AvgIpc) is 2.22. The highest BCUT2D eigenvalue weighted by Gasteiger charge is 2.19. The summed E-state index contributed by atoms with van der Waals surface area (Å²) in [6.07, 6.45) is 0. The molecule has 0 spiro atoms. The Morgan fingerprint density at radius 3 is 2.35 bits per heavy atom. The molecule has 1 aromatic rings. The highest BCUT2D eigenvalue weighted by molar-refractivity contribution is 5.27. The van der Waals surface area contributed by atoms with E-state index in [1.54, 1.807) is 0 Å². The molecule has 1 unspecified atom stereocenters. The van der Waals surface area contributed by atoms with E-state index in [9.17, 15) is 8.78 Å². The van der Waals surface area contributed by atoms with E-state index in [0.29, 0.717) is 0 Å². The minimum Gasteiger partial charge on any atom is -0.374 e. The fourth-order valence-corrected chi connectivity index (χ4v) is 1.38. The lowest BCUT2D eigenvalue weighted by Gasteiger charge is -2.23. The van der Waals surface area contributed by atoms with Crippen molar-refractivity contribution < 1.29 is 13.5 Å². The van der Waals surface area contributed by atoms with Crippen molar-refractivity contribution in [3.8, 4) is 0 Å². The van der Waals surface area contributed by atoms with Crippen LogP contribution in [0.5, 0.6) is 0 Å². The van der Waals surface area contributed by atoms with Crippen LogP contribution in [0.4, 0.5) is 8.78 Å². The quantitative estimate of drug-likeness (QED) is 0.885. The second kappa shape index (κ2) is 5.10. The second-order valence-corrected chi connectivity index (χ2v) is 5.13. The van der Waals surface area contributed by atoms with E-state index in [4.69, 9.17) is 10.5 Å². The van der Waals surface area contributed by atoms with Crippen LogP contribution in [0.1, 0.15) is 37.9 Å². The van der Waals surface area contributed by atoms with Gasteiger partial charge in [0, 0.05) is 5.56 Å². The van der Waals surface area contributed by atoms with Gasteiger partial charge in [-0.2, -0.15) is 0 Å².